The molecular weight excluding hydrogens is 470 g/mol. The Hall–Kier alpha value is -5.43. The van der Waals surface area contributed by atoms with Gasteiger partial charge in [-0.05, 0) is 59.0 Å². The molecule has 8 rings (SSSR count). The summed E-state index contributed by atoms with van der Waals surface area (Å²) in [7, 11) is 0. The fourth-order valence-electron chi connectivity index (χ4n) is 5.50. The predicted octanol–water partition coefficient (Wildman–Crippen LogP) is 6.68. The van der Waals surface area contributed by atoms with Gasteiger partial charge in [0.2, 0.25) is 0 Å². The lowest BCUT2D eigenvalue weighted by atomic mass is 10.0. The molecule has 0 fully saturated rings. The van der Waals surface area contributed by atoms with Crippen molar-refractivity contribution in [3.8, 4) is 39.3 Å². The van der Waals surface area contributed by atoms with Gasteiger partial charge in [0, 0.05) is 83.1 Å². The van der Waals surface area contributed by atoms with Crippen LogP contribution in [0.3, 0.4) is 0 Å². The molecular formula is C31H19N7. The molecule has 178 valence electrons. The Bertz CT molecular complexity index is 2020. The van der Waals surface area contributed by atoms with E-state index in [0.717, 1.165) is 55.4 Å². The molecule has 0 bridgehead atoms. The van der Waals surface area contributed by atoms with Gasteiger partial charge < -0.3 is 9.55 Å². The molecule has 0 amide bonds. The van der Waals surface area contributed by atoms with Gasteiger partial charge in [-0.25, -0.2) is 0 Å². The highest BCUT2D eigenvalue weighted by atomic mass is 15.0. The van der Waals surface area contributed by atoms with Gasteiger partial charge in [-0.1, -0.05) is 6.07 Å². The standard InChI is InChI=1S/C31H19N7/c1-3-27(36-13-19(1)31-21-5-9-32-15-23(21)24-16-33-10-6-22(24)31)28-4-2-20(14-37-28)38-29-7-11-34-17-25(29)26-18-35-12-8-30(26)38/h1-18,32H. The fourth-order valence-corrected chi connectivity index (χ4v) is 5.50. The normalized spacial score (nSPS) is 11.7. The van der Waals surface area contributed by atoms with Gasteiger partial charge in [0.05, 0.1) is 34.3 Å². The Balaban J connectivity index is 1.19. The number of rotatable bonds is 3. The zero-order valence-corrected chi connectivity index (χ0v) is 20.1. The average Bonchev–Trinajstić information content (AvgIpc) is 3.51. The third kappa shape index (κ3) is 2.99. The minimum atomic E-state index is 0.820. The second kappa shape index (κ2) is 8.04. The topological polar surface area (TPSA) is 85.2 Å². The minimum Gasteiger partial charge on any atom is -0.367 e. The Morgan fingerprint density at radius 3 is 1.92 bits per heavy atom. The molecule has 0 saturated carbocycles. The fraction of sp³-hybridized carbons (Fsp3) is 0. The van der Waals surface area contributed by atoms with Crippen LogP contribution in [0.4, 0.5) is 0 Å². The van der Waals surface area contributed by atoms with Crippen molar-refractivity contribution in [2.75, 3.05) is 0 Å². The number of aromatic amines is 1. The minimum absolute atomic E-state index is 0.820. The molecule has 38 heavy (non-hydrogen) atoms. The van der Waals surface area contributed by atoms with Crippen LogP contribution in [0, 0.1) is 0 Å². The SMILES string of the molecule is c1cc2c(-c3ccc(-c4ccc(-n5c6ccncc6c6cnccc65)cn4)nc3)c3cc[nH]cc-3c2cn1. The van der Waals surface area contributed by atoms with Crippen molar-refractivity contribution >= 4 is 32.6 Å². The smallest absolute Gasteiger partial charge is 0.0887 e. The summed E-state index contributed by atoms with van der Waals surface area (Å²) < 4.78 is 2.19. The van der Waals surface area contributed by atoms with Crippen LogP contribution in [-0.4, -0.2) is 34.5 Å². The monoisotopic (exact) mass is 489 g/mol. The van der Waals surface area contributed by atoms with Crippen molar-refractivity contribution in [1.82, 2.24) is 34.5 Å². The third-order valence-electron chi connectivity index (χ3n) is 7.20. The molecule has 6 aromatic rings. The molecule has 1 aliphatic carbocycles. The molecule has 1 N–H and O–H groups in total. The zero-order chi connectivity index (χ0) is 25.1. The Kier molecular flexibility index (Phi) is 4.39. The van der Waals surface area contributed by atoms with E-state index in [9.17, 15) is 0 Å². The molecule has 1 aliphatic heterocycles. The number of nitrogens with one attached hydrogen (secondary N) is 1. The van der Waals surface area contributed by atoms with E-state index < -0.39 is 0 Å². The number of aromatic nitrogens is 7. The number of nitrogens with zero attached hydrogens (tertiary/aromatic N) is 6. The van der Waals surface area contributed by atoms with Gasteiger partial charge in [0.1, 0.15) is 0 Å². The summed E-state index contributed by atoms with van der Waals surface area (Å²) in [5, 5.41) is 4.44. The molecule has 7 heterocycles. The highest BCUT2D eigenvalue weighted by Gasteiger charge is 2.19. The Labute approximate surface area is 216 Å². The Morgan fingerprint density at radius 2 is 1.24 bits per heavy atom. The first kappa shape index (κ1) is 20.7. The first-order valence-electron chi connectivity index (χ1n) is 12.3. The maximum Gasteiger partial charge on any atom is 0.0887 e. The van der Waals surface area contributed by atoms with E-state index in [0.29, 0.717) is 0 Å². The van der Waals surface area contributed by atoms with Gasteiger partial charge in [-0.2, -0.15) is 0 Å². The molecule has 2 aliphatic rings. The van der Waals surface area contributed by atoms with E-state index in [1.165, 1.54) is 16.5 Å². The van der Waals surface area contributed by atoms with Crippen LogP contribution < -0.4 is 0 Å². The van der Waals surface area contributed by atoms with Gasteiger partial charge in [0.25, 0.3) is 0 Å². The lowest BCUT2D eigenvalue weighted by Gasteiger charge is -2.09. The van der Waals surface area contributed by atoms with Crippen molar-refractivity contribution in [3.05, 3.63) is 110 Å². The molecule has 0 spiro atoms. The summed E-state index contributed by atoms with van der Waals surface area (Å²) in [6.45, 7) is 0. The van der Waals surface area contributed by atoms with E-state index in [2.05, 4.69) is 48.8 Å². The van der Waals surface area contributed by atoms with Gasteiger partial charge in [0.15, 0.2) is 0 Å². The third-order valence-corrected chi connectivity index (χ3v) is 7.20. The first-order valence-corrected chi connectivity index (χ1v) is 12.3. The second-order valence-corrected chi connectivity index (χ2v) is 9.22. The number of hydrogen-bond donors (Lipinski definition) is 1. The lowest BCUT2D eigenvalue weighted by molar-refractivity contribution is 1.13. The van der Waals surface area contributed by atoms with Crippen LogP contribution in [0.25, 0.3) is 71.9 Å². The quantitative estimate of drug-likeness (QED) is 0.299. The van der Waals surface area contributed by atoms with Crippen molar-refractivity contribution in [2.24, 2.45) is 0 Å². The Morgan fingerprint density at radius 1 is 0.553 bits per heavy atom. The molecule has 0 saturated heterocycles. The van der Waals surface area contributed by atoms with Crippen LogP contribution >= 0.6 is 0 Å². The summed E-state index contributed by atoms with van der Waals surface area (Å²) in [6.07, 6.45) is 19.0. The largest absolute Gasteiger partial charge is 0.367 e. The van der Waals surface area contributed by atoms with Gasteiger partial charge in [-0.3, -0.25) is 24.9 Å². The highest BCUT2D eigenvalue weighted by molar-refractivity contribution is 6.14. The molecule has 6 aromatic heterocycles. The molecule has 0 radical (unpaired) electrons. The molecule has 0 atom stereocenters. The number of fused-ring (bicyclic) bond motifs is 6. The molecule has 7 nitrogen and oxygen atoms in total. The van der Waals surface area contributed by atoms with Gasteiger partial charge in [-0.15, -0.1) is 0 Å². The van der Waals surface area contributed by atoms with E-state index >= 15 is 0 Å². The van der Waals surface area contributed by atoms with Crippen LogP contribution in [0.2, 0.25) is 0 Å². The molecule has 0 aromatic carbocycles. The average molecular weight is 490 g/mol. The van der Waals surface area contributed by atoms with Crippen LogP contribution in [-0.2, 0) is 0 Å². The van der Waals surface area contributed by atoms with E-state index in [1.54, 1.807) is 0 Å². The van der Waals surface area contributed by atoms with Crippen LogP contribution in [0.1, 0.15) is 0 Å². The number of pyridine rings is 6. The lowest BCUT2D eigenvalue weighted by Crippen LogP contribution is -1.96. The van der Waals surface area contributed by atoms with Crippen molar-refractivity contribution in [2.45, 2.75) is 0 Å². The number of hydrogen-bond acceptors (Lipinski definition) is 5. The second-order valence-electron chi connectivity index (χ2n) is 9.22. The maximum absolute atomic E-state index is 4.80. The van der Waals surface area contributed by atoms with E-state index in [1.807, 2.05) is 86.2 Å². The highest BCUT2D eigenvalue weighted by Crippen LogP contribution is 2.44. The first-order chi connectivity index (χ1) is 18.9. The molecule has 0 unspecified atom stereocenters. The number of H-pyrrole nitrogens is 1. The summed E-state index contributed by atoms with van der Waals surface area (Å²) >= 11 is 0. The predicted molar refractivity (Wildman–Crippen MR) is 149 cm³/mol. The summed E-state index contributed by atoms with van der Waals surface area (Å²) in [6, 6.07) is 16.5. The van der Waals surface area contributed by atoms with Crippen LogP contribution in [0.15, 0.2) is 110 Å². The maximum atomic E-state index is 4.80. The van der Waals surface area contributed by atoms with E-state index in [-0.39, 0.29) is 0 Å². The van der Waals surface area contributed by atoms with E-state index in [4.69, 9.17) is 9.97 Å². The van der Waals surface area contributed by atoms with Gasteiger partial charge >= 0.3 is 0 Å². The summed E-state index contributed by atoms with van der Waals surface area (Å²) in [5.41, 5.74) is 9.33. The van der Waals surface area contributed by atoms with Crippen molar-refractivity contribution in [1.29, 1.82) is 0 Å². The van der Waals surface area contributed by atoms with Crippen LogP contribution in [0.5, 0.6) is 0 Å². The summed E-state index contributed by atoms with van der Waals surface area (Å²) in [4.78, 5) is 25.7. The molecule has 7 heteroatoms. The van der Waals surface area contributed by atoms with Crippen molar-refractivity contribution < 1.29 is 0 Å². The summed E-state index contributed by atoms with van der Waals surface area (Å²) in [5.74, 6) is 0. The van der Waals surface area contributed by atoms with Crippen molar-refractivity contribution in [3.63, 3.8) is 0 Å². The zero-order valence-electron chi connectivity index (χ0n) is 20.1.